The summed E-state index contributed by atoms with van der Waals surface area (Å²) in [5.41, 5.74) is 11.8. The van der Waals surface area contributed by atoms with Gasteiger partial charge in [0.1, 0.15) is 17.3 Å². The number of nitrogens with one attached hydrogen (secondary N) is 2. The minimum atomic E-state index is -1.77. The van der Waals surface area contributed by atoms with Gasteiger partial charge in [-0.25, -0.2) is 19.0 Å². The topological polar surface area (TPSA) is 182 Å². The quantitative estimate of drug-likeness (QED) is 0.301. The molecule has 0 fully saturated rings. The number of carboxylic acids is 1. The van der Waals surface area contributed by atoms with Gasteiger partial charge in [0.2, 0.25) is 5.91 Å². The molecule has 27 heavy (non-hydrogen) atoms. The van der Waals surface area contributed by atoms with Gasteiger partial charge in [-0.15, -0.1) is 11.3 Å². The Labute approximate surface area is 160 Å². The fourth-order valence-electron chi connectivity index (χ4n) is 1.86. The summed E-state index contributed by atoms with van der Waals surface area (Å²) in [5, 5.41) is 11.8. The Bertz CT molecular complexity index is 909. The number of benzene rings is 1. The summed E-state index contributed by atoms with van der Waals surface area (Å²) in [5.74, 6) is -1.65. The third kappa shape index (κ3) is 5.39. The number of carbonyl (C=O) groups is 2. The number of nitrogens with two attached hydrogens (primary N) is 2. The predicted molar refractivity (Wildman–Crippen MR) is 101 cm³/mol. The Hall–Kier alpha value is -3.19. The minimum Gasteiger partial charge on any atom is -0.495 e. The van der Waals surface area contributed by atoms with E-state index in [4.69, 9.17) is 21.3 Å². The summed E-state index contributed by atoms with van der Waals surface area (Å²) in [4.78, 5) is 30.5. The Balaban J connectivity index is 2.16. The van der Waals surface area contributed by atoms with Gasteiger partial charge >= 0.3 is 5.97 Å². The molecule has 1 aromatic heterocycles. The molecule has 0 bridgehead atoms. The van der Waals surface area contributed by atoms with Crippen molar-refractivity contribution in [3.8, 4) is 5.75 Å². The fourth-order valence-corrected chi connectivity index (χ4v) is 3.58. The summed E-state index contributed by atoms with van der Waals surface area (Å²) < 4.78 is 20.2. The van der Waals surface area contributed by atoms with E-state index < -0.39 is 22.9 Å². The fraction of sp³-hybridized carbons (Fsp3) is 0.143. The maximum atomic E-state index is 12.5. The van der Waals surface area contributed by atoms with Crippen molar-refractivity contribution in [3.05, 3.63) is 29.4 Å². The molecular formula is C14H16N6O5S2. The number of guanidine groups is 1. The van der Waals surface area contributed by atoms with Gasteiger partial charge in [0.15, 0.2) is 22.6 Å². The van der Waals surface area contributed by atoms with E-state index in [-0.39, 0.29) is 28.9 Å². The normalized spacial score (nSPS) is 11.3. The number of carbonyl (C=O) groups excluding carboxylic acids is 1. The lowest BCUT2D eigenvalue weighted by molar-refractivity contribution is -0.114. The molecule has 11 nitrogen and oxygen atoms in total. The highest BCUT2D eigenvalue weighted by atomic mass is 32.2. The monoisotopic (exact) mass is 412 g/mol. The van der Waals surface area contributed by atoms with Crippen LogP contribution in [0.2, 0.25) is 0 Å². The van der Waals surface area contributed by atoms with Crippen LogP contribution in [0.3, 0.4) is 0 Å². The number of thiazole rings is 1. The lowest BCUT2D eigenvalue weighted by Crippen LogP contribution is -2.25. The van der Waals surface area contributed by atoms with Crippen molar-refractivity contribution in [2.75, 3.05) is 23.7 Å². The molecular weight excluding hydrogens is 396 g/mol. The first kappa shape index (κ1) is 20.1. The van der Waals surface area contributed by atoms with Crippen molar-refractivity contribution in [3.63, 3.8) is 0 Å². The first-order chi connectivity index (χ1) is 12.8. The third-order valence-corrected chi connectivity index (χ3v) is 4.96. The van der Waals surface area contributed by atoms with E-state index in [1.54, 1.807) is 0 Å². The van der Waals surface area contributed by atoms with Crippen molar-refractivity contribution in [1.29, 1.82) is 0 Å². The Morgan fingerprint density at radius 2 is 2.15 bits per heavy atom. The summed E-state index contributed by atoms with van der Waals surface area (Å²) in [6.45, 7) is -0.260. The van der Waals surface area contributed by atoms with E-state index in [1.165, 1.54) is 30.8 Å². The molecule has 1 atom stereocenters. The molecule has 2 aromatic rings. The highest BCUT2D eigenvalue weighted by Crippen LogP contribution is 2.28. The number of hydrogen-bond acceptors (Lipinski definition) is 7. The standard InChI is InChI=1S/C14H16N6O5S2/c1-25-9-4-7(2-3-8(9)19-10(21)5-17-14(15)16)27(24)20-12-11(13(22)23)18-6-26-12/h2-4,6,20H,5H2,1H3,(H,19,21)(H,22,23)(H4,15,16,17). The van der Waals surface area contributed by atoms with Gasteiger partial charge in [0.05, 0.1) is 23.2 Å². The number of methoxy groups -OCH3 is 1. The molecule has 13 heteroatoms. The molecule has 144 valence electrons. The van der Waals surface area contributed by atoms with Crippen LogP contribution in [0.5, 0.6) is 5.75 Å². The molecule has 0 radical (unpaired) electrons. The Morgan fingerprint density at radius 1 is 1.41 bits per heavy atom. The van der Waals surface area contributed by atoms with Gasteiger partial charge < -0.3 is 26.6 Å². The number of aromatic carboxylic acids is 1. The zero-order valence-corrected chi connectivity index (χ0v) is 15.6. The number of amides is 1. The van der Waals surface area contributed by atoms with Crippen LogP contribution in [0.1, 0.15) is 10.5 Å². The minimum absolute atomic E-state index is 0.161. The molecule has 0 saturated carbocycles. The smallest absolute Gasteiger partial charge is 0.357 e. The molecule has 1 heterocycles. The molecule has 1 aromatic carbocycles. The van der Waals surface area contributed by atoms with Gasteiger partial charge in [-0.2, -0.15) is 0 Å². The van der Waals surface area contributed by atoms with Crippen LogP contribution in [-0.4, -0.2) is 45.8 Å². The summed E-state index contributed by atoms with van der Waals surface area (Å²) >= 11 is 1.01. The summed E-state index contributed by atoms with van der Waals surface area (Å²) in [6.07, 6.45) is 0. The van der Waals surface area contributed by atoms with E-state index in [1.807, 2.05) is 0 Å². The van der Waals surface area contributed by atoms with Crippen LogP contribution in [0.15, 0.2) is 33.6 Å². The van der Waals surface area contributed by atoms with Gasteiger partial charge in [-0.1, -0.05) is 0 Å². The van der Waals surface area contributed by atoms with Gasteiger partial charge in [0, 0.05) is 6.07 Å². The third-order valence-electron chi connectivity index (χ3n) is 3.02. The maximum absolute atomic E-state index is 12.5. The van der Waals surface area contributed by atoms with E-state index in [0.717, 1.165) is 11.3 Å². The van der Waals surface area contributed by atoms with Gasteiger partial charge in [0.25, 0.3) is 0 Å². The number of nitrogens with zero attached hydrogens (tertiary/aromatic N) is 2. The highest BCUT2D eigenvalue weighted by Gasteiger charge is 2.17. The number of aliphatic imine (C=N–C) groups is 1. The average Bonchev–Trinajstić information content (AvgIpc) is 3.08. The Morgan fingerprint density at radius 3 is 2.78 bits per heavy atom. The number of anilines is 2. The average molecular weight is 412 g/mol. The van der Waals surface area contributed by atoms with Crippen molar-refractivity contribution >= 4 is 50.8 Å². The maximum Gasteiger partial charge on any atom is 0.357 e. The molecule has 1 unspecified atom stereocenters. The second-order valence-electron chi connectivity index (χ2n) is 4.86. The number of hydrogen-bond donors (Lipinski definition) is 5. The van der Waals surface area contributed by atoms with Crippen LogP contribution in [-0.2, 0) is 15.8 Å². The number of carboxylic acid groups (broad SMARTS) is 1. The molecule has 0 aliphatic heterocycles. The molecule has 0 spiro atoms. The van der Waals surface area contributed by atoms with Crippen molar-refractivity contribution in [2.24, 2.45) is 16.5 Å². The molecule has 0 saturated heterocycles. The lowest BCUT2D eigenvalue weighted by atomic mass is 10.3. The van der Waals surface area contributed by atoms with E-state index in [9.17, 15) is 13.8 Å². The zero-order valence-electron chi connectivity index (χ0n) is 14.0. The molecule has 1 amide bonds. The molecule has 0 aliphatic rings. The van der Waals surface area contributed by atoms with Crippen LogP contribution in [0.4, 0.5) is 10.7 Å². The van der Waals surface area contributed by atoms with Crippen molar-refractivity contribution in [2.45, 2.75) is 4.90 Å². The first-order valence-electron chi connectivity index (χ1n) is 7.20. The highest BCUT2D eigenvalue weighted by molar-refractivity contribution is 7.86. The second-order valence-corrected chi connectivity index (χ2v) is 6.93. The van der Waals surface area contributed by atoms with Crippen LogP contribution in [0.25, 0.3) is 0 Å². The van der Waals surface area contributed by atoms with Crippen molar-refractivity contribution < 1.29 is 23.6 Å². The van der Waals surface area contributed by atoms with E-state index >= 15 is 0 Å². The van der Waals surface area contributed by atoms with Crippen LogP contribution >= 0.6 is 11.3 Å². The number of ether oxygens (including phenoxy) is 1. The summed E-state index contributed by atoms with van der Waals surface area (Å²) in [6, 6.07) is 4.43. The van der Waals surface area contributed by atoms with Gasteiger partial charge in [-0.3, -0.25) is 9.52 Å². The summed E-state index contributed by atoms with van der Waals surface area (Å²) in [7, 11) is -0.391. The first-order valence-corrected chi connectivity index (χ1v) is 9.23. The lowest BCUT2D eigenvalue weighted by Gasteiger charge is -2.12. The van der Waals surface area contributed by atoms with E-state index in [2.05, 4.69) is 20.0 Å². The van der Waals surface area contributed by atoms with Crippen molar-refractivity contribution in [1.82, 2.24) is 4.98 Å². The predicted octanol–water partition coefficient (Wildman–Crippen LogP) is 0.197. The molecule has 0 aliphatic carbocycles. The Kier molecular flexibility index (Phi) is 6.67. The zero-order chi connectivity index (χ0) is 20.0. The van der Waals surface area contributed by atoms with E-state index in [0.29, 0.717) is 10.6 Å². The van der Waals surface area contributed by atoms with Crippen LogP contribution < -0.4 is 26.2 Å². The number of rotatable bonds is 8. The largest absolute Gasteiger partial charge is 0.495 e. The second kappa shape index (κ2) is 8.95. The SMILES string of the molecule is COc1cc(S(=O)Nc2scnc2C(=O)O)ccc1NC(=O)CN=C(N)N. The van der Waals surface area contributed by atoms with Gasteiger partial charge in [-0.05, 0) is 12.1 Å². The number of aromatic nitrogens is 1. The molecule has 7 N–H and O–H groups in total. The van der Waals surface area contributed by atoms with Crippen LogP contribution in [0, 0.1) is 0 Å². The molecule has 2 rings (SSSR count).